The summed E-state index contributed by atoms with van der Waals surface area (Å²) in [7, 11) is 0. The Morgan fingerprint density at radius 2 is 2.00 bits per heavy atom. The number of hydrogen-bond donors (Lipinski definition) is 2. The number of ether oxygens (including phenoxy) is 2. The molecule has 0 radical (unpaired) electrons. The lowest BCUT2D eigenvalue weighted by Gasteiger charge is -2.59. The van der Waals surface area contributed by atoms with Crippen molar-refractivity contribution >= 4 is 17.7 Å². The molecule has 0 aromatic rings. The second-order valence-electron chi connectivity index (χ2n) is 9.94. The number of allylic oxidation sites excluding steroid dienone is 4. The third-order valence-corrected chi connectivity index (χ3v) is 8.73. The van der Waals surface area contributed by atoms with E-state index in [1.807, 2.05) is 13.0 Å². The van der Waals surface area contributed by atoms with E-state index in [4.69, 9.17) is 9.47 Å². The van der Waals surface area contributed by atoms with Crippen molar-refractivity contribution in [1.29, 1.82) is 0 Å². The predicted octanol–water partition coefficient (Wildman–Crippen LogP) is 2.74. The number of aliphatic hydroxyl groups excluding tert-OH is 2. The van der Waals surface area contributed by atoms with Crippen LogP contribution in [-0.2, 0) is 19.1 Å². The Morgan fingerprint density at radius 1 is 1.26 bits per heavy atom. The van der Waals surface area contributed by atoms with Crippen molar-refractivity contribution in [2.24, 2.45) is 28.6 Å². The van der Waals surface area contributed by atoms with Crippen LogP contribution in [0.15, 0.2) is 23.8 Å². The van der Waals surface area contributed by atoms with Gasteiger partial charge in [0.05, 0.1) is 12.7 Å². The first-order chi connectivity index (χ1) is 14.6. The zero-order valence-corrected chi connectivity index (χ0v) is 18.4. The summed E-state index contributed by atoms with van der Waals surface area (Å²) in [5.41, 5.74) is -1.68. The van der Waals surface area contributed by atoms with E-state index < -0.39 is 41.1 Å². The summed E-state index contributed by atoms with van der Waals surface area (Å²) in [6.07, 6.45) is 6.35. The van der Waals surface area contributed by atoms with E-state index in [1.165, 1.54) is 0 Å². The molecule has 3 saturated carbocycles. The molecule has 4 aliphatic rings. The lowest BCUT2D eigenvalue weighted by Crippen LogP contribution is -2.63. The van der Waals surface area contributed by atoms with Gasteiger partial charge in [0.25, 0.3) is 0 Å². The van der Waals surface area contributed by atoms with Crippen LogP contribution in [0.3, 0.4) is 0 Å². The molecule has 1 unspecified atom stereocenters. The predicted molar refractivity (Wildman–Crippen MR) is 111 cm³/mol. The monoisotopic (exact) mass is 432 g/mol. The molecule has 7 atom stereocenters. The maximum absolute atomic E-state index is 13.0. The van der Waals surface area contributed by atoms with Gasteiger partial charge in [-0.05, 0) is 63.0 Å². The maximum Gasteiger partial charge on any atom is 0.509 e. The van der Waals surface area contributed by atoms with E-state index in [-0.39, 0.29) is 36.6 Å². The zero-order chi connectivity index (χ0) is 22.6. The third-order valence-electron chi connectivity index (χ3n) is 8.73. The number of fused-ring (bicyclic) bond motifs is 5. The Labute approximate surface area is 182 Å². The van der Waals surface area contributed by atoms with Gasteiger partial charge in [-0.2, -0.15) is 0 Å². The molecule has 0 bridgehead atoms. The highest BCUT2D eigenvalue weighted by atomic mass is 16.7. The van der Waals surface area contributed by atoms with Crippen molar-refractivity contribution in [2.75, 3.05) is 13.2 Å². The van der Waals surface area contributed by atoms with Gasteiger partial charge >= 0.3 is 6.16 Å². The van der Waals surface area contributed by atoms with E-state index in [1.54, 1.807) is 19.1 Å². The number of Topliss-reactive ketones (excluding diaryl/α,β-unsaturated/α-hetero) is 1. The van der Waals surface area contributed by atoms with Crippen molar-refractivity contribution in [3.05, 3.63) is 23.8 Å². The van der Waals surface area contributed by atoms with Gasteiger partial charge in [0, 0.05) is 16.7 Å². The highest BCUT2D eigenvalue weighted by Crippen LogP contribution is 2.67. The fourth-order valence-electron chi connectivity index (χ4n) is 7.41. The average molecular weight is 433 g/mol. The maximum atomic E-state index is 13.0. The van der Waals surface area contributed by atoms with Crippen molar-refractivity contribution < 1.29 is 34.1 Å². The van der Waals surface area contributed by atoms with Crippen molar-refractivity contribution in [3.63, 3.8) is 0 Å². The smallest absolute Gasteiger partial charge is 0.435 e. The molecule has 0 saturated heterocycles. The molecule has 0 amide bonds. The summed E-state index contributed by atoms with van der Waals surface area (Å²) in [5, 5.41) is 21.2. The topological polar surface area (TPSA) is 110 Å². The number of aliphatic hydroxyl groups is 2. The Kier molecular flexibility index (Phi) is 5.41. The quantitative estimate of drug-likeness (QED) is 0.657. The first-order valence-electron chi connectivity index (χ1n) is 11.2. The zero-order valence-electron chi connectivity index (χ0n) is 18.4. The summed E-state index contributed by atoms with van der Waals surface area (Å²) >= 11 is 0. The van der Waals surface area contributed by atoms with Gasteiger partial charge in [-0.3, -0.25) is 9.59 Å². The molecule has 4 rings (SSSR count). The van der Waals surface area contributed by atoms with Crippen molar-refractivity contribution in [2.45, 2.75) is 64.6 Å². The molecule has 7 heteroatoms. The Balaban J connectivity index is 1.73. The molecular weight excluding hydrogens is 400 g/mol. The van der Waals surface area contributed by atoms with Crippen LogP contribution >= 0.6 is 0 Å². The Hall–Kier alpha value is -1.99. The molecule has 0 heterocycles. The first kappa shape index (κ1) is 22.2. The lowest BCUT2D eigenvalue weighted by molar-refractivity contribution is -0.183. The van der Waals surface area contributed by atoms with Gasteiger partial charge < -0.3 is 19.7 Å². The van der Waals surface area contributed by atoms with Crippen LogP contribution in [0, 0.1) is 28.6 Å². The molecule has 0 spiro atoms. The summed E-state index contributed by atoms with van der Waals surface area (Å²) in [4.78, 5) is 37.2. The number of rotatable bonds is 4. The minimum Gasteiger partial charge on any atom is -0.435 e. The number of hydrogen-bond acceptors (Lipinski definition) is 7. The van der Waals surface area contributed by atoms with Crippen LogP contribution in [0.5, 0.6) is 0 Å². The van der Waals surface area contributed by atoms with Gasteiger partial charge in [-0.25, -0.2) is 4.79 Å². The van der Waals surface area contributed by atoms with Crippen LogP contribution < -0.4 is 0 Å². The molecule has 170 valence electrons. The largest absolute Gasteiger partial charge is 0.509 e. The van der Waals surface area contributed by atoms with Gasteiger partial charge in [0.1, 0.15) is 6.61 Å². The first-order valence-corrected chi connectivity index (χ1v) is 11.2. The van der Waals surface area contributed by atoms with E-state index in [0.717, 1.165) is 18.4 Å². The minimum atomic E-state index is -1.51. The third kappa shape index (κ3) is 3.04. The standard InChI is InChI=1S/C24H32O7/c1-4-30-21(29)31-24(19(28)13-25)10-8-17-16-6-5-14-11-15(26)7-9-22(14,2)20(16)18(27)12-23(17,24)3/h7,9,11,16-18,20,25,27H,4-6,8,10,12-13H2,1-3H3/t16-,17-,18-,20?,22-,23-,24-/m0/s1. The average Bonchev–Trinajstić information content (AvgIpc) is 3.00. The fraction of sp³-hybridized carbons (Fsp3) is 0.708. The van der Waals surface area contributed by atoms with Crippen LogP contribution in [0.25, 0.3) is 0 Å². The molecule has 4 aliphatic carbocycles. The SMILES string of the molecule is CCOC(=O)O[C@]1(C(=O)CO)CC[C@H]2[C@@H]3CCC4=CC(=O)C=C[C@]4(C)C3[C@@H](O)C[C@@]21C. The summed E-state index contributed by atoms with van der Waals surface area (Å²) in [6.45, 7) is 5.03. The Morgan fingerprint density at radius 3 is 2.68 bits per heavy atom. The van der Waals surface area contributed by atoms with Crippen LogP contribution in [0.4, 0.5) is 4.79 Å². The summed E-state index contributed by atoms with van der Waals surface area (Å²) in [5.74, 6) is -0.500. The molecule has 2 N–H and O–H groups in total. The van der Waals surface area contributed by atoms with Crippen molar-refractivity contribution in [1.82, 2.24) is 0 Å². The Bertz CT molecular complexity index is 860. The van der Waals surface area contributed by atoms with Crippen LogP contribution in [0.1, 0.15) is 52.9 Å². The number of carbonyl (C=O) groups excluding carboxylic acids is 3. The normalized spacial score (nSPS) is 43.4. The lowest BCUT2D eigenvalue weighted by atomic mass is 9.46. The molecule has 7 nitrogen and oxygen atoms in total. The van der Waals surface area contributed by atoms with Crippen LogP contribution in [0.2, 0.25) is 0 Å². The second kappa shape index (κ2) is 7.55. The molecule has 3 fully saturated rings. The highest BCUT2D eigenvalue weighted by molar-refractivity contribution is 6.01. The van der Waals surface area contributed by atoms with Crippen molar-refractivity contribution in [3.8, 4) is 0 Å². The molecule has 0 aromatic carbocycles. The molecule has 0 aliphatic heterocycles. The number of carbonyl (C=O) groups is 3. The summed E-state index contributed by atoms with van der Waals surface area (Å²) in [6, 6.07) is 0. The molecule has 0 aromatic heterocycles. The van der Waals surface area contributed by atoms with Gasteiger partial charge in [0.2, 0.25) is 5.78 Å². The van der Waals surface area contributed by atoms with E-state index in [2.05, 4.69) is 6.92 Å². The molecular formula is C24H32O7. The second-order valence-corrected chi connectivity index (χ2v) is 9.94. The van der Waals surface area contributed by atoms with Gasteiger partial charge in [-0.15, -0.1) is 0 Å². The van der Waals surface area contributed by atoms with E-state index in [0.29, 0.717) is 12.8 Å². The van der Waals surface area contributed by atoms with Gasteiger partial charge in [0.15, 0.2) is 11.4 Å². The highest BCUT2D eigenvalue weighted by Gasteiger charge is 2.70. The fourth-order valence-corrected chi connectivity index (χ4v) is 7.41. The van der Waals surface area contributed by atoms with E-state index in [9.17, 15) is 24.6 Å². The van der Waals surface area contributed by atoms with Crippen LogP contribution in [-0.4, -0.2) is 52.9 Å². The molecule has 31 heavy (non-hydrogen) atoms. The summed E-state index contributed by atoms with van der Waals surface area (Å²) < 4.78 is 10.7. The van der Waals surface area contributed by atoms with Gasteiger partial charge in [-0.1, -0.05) is 25.5 Å². The number of ketones is 2. The minimum absolute atomic E-state index is 0.0164. The van der Waals surface area contributed by atoms with E-state index >= 15 is 0 Å².